The molecule has 2 amide bonds. The minimum absolute atomic E-state index is 0.00815. The predicted octanol–water partition coefficient (Wildman–Crippen LogP) is -1.95. The zero-order valence-corrected chi connectivity index (χ0v) is 26.0. The second-order valence-electron chi connectivity index (χ2n) is 10.0. The number of nitrogens with zero attached hydrogens (tertiary/aromatic N) is 4. The highest BCUT2D eigenvalue weighted by Crippen LogP contribution is 2.63. The first-order chi connectivity index (χ1) is 21.0. The summed E-state index contributed by atoms with van der Waals surface area (Å²) in [6.45, 7) is 0.710. The van der Waals surface area contributed by atoms with Gasteiger partial charge in [-0.1, -0.05) is 12.8 Å². The lowest BCUT2D eigenvalue weighted by atomic mass is 10.0. The van der Waals surface area contributed by atoms with Crippen molar-refractivity contribution in [2.24, 2.45) is 0 Å². The molecule has 0 radical (unpaired) electrons. The summed E-state index contributed by atoms with van der Waals surface area (Å²) in [6, 6.07) is -0.482. The van der Waals surface area contributed by atoms with Crippen LogP contribution in [0.4, 0.5) is 10.6 Å². The highest BCUT2D eigenvalue weighted by atomic mass is 31.3. The molecule has 2 fully saturated rings. The Bertz CT molecular complexity index is 1540. The largest absolute Gasteiger partial charge is 0.756 e. The molecule has 3 unspecified atom stereocenters. The first kappa shape index (κ1) is 35.3. The molecule has 2 saturated heterocycles. The third-order valence-electron chi connectivity index (χ3n) is 6.68. The van der Waals surface area contributed by atoms with Crippen LogP contribution in [0.15, 0.2) is 12.7 Å². The average Bonchev–Trinajstić information content (AvgIpc) is 3.56. The number of aliphatic hydroxyl groups is 2. The number of carbonyl (C=O) groups is 2. The molecule has 25 heteroatoms. The number of hydrogen-bond acceptors (Lipinski definition) is 19. The fraction of sp³-hybridized carbons (Fsp3) is 0.650. The maximum Gasteiger partial charge on any atom is 0.328 e. The van der Waals surface area contributed by atoms with Gasteiger partial charge < -0.3 is 55.0 Å². The molecular formula is C20H29N7O15P3-3. The number of anilines is 1. The minimum Gasteiger partial charge on any atom is -0.756 e. The van der Waals surface area contributed by atoms with Gasteiger partial charge in [-0.15, -0.1) is 0 Å². The third-order valence-corrected chi connectivity index (χ3v) is 10.8. The van der Waals surface area contributed by atoms with Crippen molar-refractivity contribution >= 4 is 52.5 Å². The van der Waals surface area contributed by atoms with E-state index in [1.165, 1.54) is 4.57 Å². The van der Waals surface area contributed by atoms with Crippen molar-refractivity contribution < 1.29 is 70.6 Å². The normalized spacial score (nSPS) is 29.0. The number of fused-ring (bicyclic) bond motifs is 1. The van der Waals surface area contributed by atoms with Crippen molar-refractivity contribution in [3.05, 3.63) is 12.7 Å². The monoisotopic (exact) mass is 700 g/mol. The van der Waals surface area contributed by atoms with Gasteiger partial charge >= 0.3 is 19.8 Å². The van der Waals surface area contributed by atoms with Crippen molar-refractivity contribution in [1.82, 2.24) is 30.2 Å². The fourth-order valence-electron chi connectivity index (χ4n) is 4.56. The SMILES string of the molecule is C[C@@H]1NC(=O)N[C@@H]1CCCCCC(=O)OP(=O)([O-])OP(=O)([O-])OP(=O)([O-])OC[C@H]1O[C@@H](n2cnc3c(N)ncnc32)[C@H](O)[C@@H]1O. The molecule has 2 aromatic heterocycles. The van der Waals surface area contributed by atoms with E-state index >= 15 is 0 Å². The first-order valence-electron chi connectivity index (χ1n) is 13.2. The number of amides is 2. The number of aliphatic hydroxyl groups excluding tert-OH is 2. The maximum absolute atomic E-state index is 12.1. The highest BCUT2D eigenvalue weighted by molar-refractivity contribution is 7.65. The van der Waals surface area contributed by atoms with Gasteiger partial charge in [0.25, 0.3) is 15.6 Å². The second kappa shape index (κ2) is 14.0. The molecule has 4 rings (SSSR count). The van der Waals surface area contributed by atoms with Gasteiger partial charge in [0, 0.05) is 12.5 Å². The Balaban J connectivity index is 1.22. The zero-order valence-electron chi connectivity index (χ0n) is 23.3. The van der Waals surface area contributed by atoms with E-state index in [1.807, 2.05) is 6.92 Å². The lowest BCUT2D eigenvalue weighted by Gasteiger charge is -2.34. The molecule has 2 aromatic rings. The summed E-state index contributed by atoms with van der Waals surface area (Å²) in [5.74, 6) is -1.37. The molecule has 0 aromatic carbocycles. The van der Waals surface area contributed by atoms with E-state index in [1.54, 1.807) is 0 Å². The Morgan fingerprint density at radius 1 is 1.04 bits per heavy atom. The second-order valence-corrected chi connectivity index (χ2v) is 14.4. The predicted molar refractivity (Wildman–Crippen MR) is 141 cm³/mol. The van der Waals surface area contributed by atoms with Gasteiger partial charge in [-0.25, -0.2) is 28.4 Å². The molecule has 252 valence electrons. The van der Waals surface area contributed by atoms with Crippen molar-refractivity contribution in [3.8, 4) is 0 Å². The van der Waals surface area contributed by atoms with Gasteiger partial charge in [0.05, 0.1) is 19.0 Å². The molecule has 2 aliphatic heterocycles. The van der Waals surface area contributed by atoms with Crippen LogP contribution in [0.2, 0.25) is 0 Å². The van der Waals surface area contributed by atoms with Crippen LogP contribution in [0.5, 0.6) is 0 Å². The molecule has 6 N–H and O–H groups in total. The number of aromatic nitrogens is 4. The number of phosphoric acid groups is 3. The molecule has 2 aliphatic rings. The Kier molecular flexibility index (Phi) is 11.0. The highest BCUT2D eigenvalue weighted by Gasteiger charge is 2.45. The summed E-state index contributed by atoms with van der Waals surface area (Å²) in [5, 5.41) is 26.1. The minimum atomic E-state index is -6.26. The Labute approximate surface area is 254 Å². The summed E-state index contributed by atoms with van der Waals surface area (Å²) in [5.41, 5.74) is 5.96. The van der Waals surface area contributed by atoms with E-state index in [2.05, 4.69) is 43.3 Å². The number of phosphoric ester groups is 2. The van der Waals surface area contributed by atoms with Gasteiger partial charge in [0.2, 0.25) is 0 Å². The number of imidazole rings is 1. The lowest BCUT2D eigenvalue weighted by molar-refractivity contribution is -0.250. The van der Waals surface area contributed by atoms with Crippen molar-refractivity contribution in [1.29, 1.82) is 0 Å². The Morgan fingerprint density at radius 3 is 2.44 bits per heavy atom. The van der Waals surface area contributed by atoms with Crippen LogP contribution in [0.3, 0.4) is 0 Å². The first-order valence-corrected chi connectivity index (χ1v) is 17.6. The van der Waals surface area contributed by atoms with E-state index in [0.29, 0.717) is 19.3 Å². The van der Waals surface area contributed by atoms with Gasteiger partial charge in [-0.2, -0.15) is 0 Å². The number of ether oxygens (including phenoxy) is 1. The van der Waals surface area contributed by atoms with Crippen LogP contribution in [-0.4, -0.2) is 78.7 Å². The quantitative estimate of drug-likeness (QED) is 0.0995. The van der Waals surface area contributed by atoms with Crippen LogP contribution in [0.25, 0.3) is 11.2 Å². The lowest BCUT2D eigenvalue weighted by Crippen LogP contribution is -2.34. The van der Waals surface area contributed by atoms with Gasteiger partial charge in [0.1, 0.15) is 30.2 Å². The molecule has 0 aliphatic carbocycles. The van der Waals surface area contributed by atoms with Crippen molar-refractivity contribution in [2.75, 3.05) is 12.3 Å². The van der Waals surface area contributed by atoms with Gasteiger partial charge in [-0.3, -0.25) is 23.1 Å². The van der Waals surface area contributed by atoms with Gasteiger partial charge in [-0.05, 0) is 19.8 Å². The number of nitrogen functional groups attached to an aromatic ring is 1. The van der Waals surface area contributed by atoms with E-state index in [0.717, 1.165) is 12.7 Å². The van der Waals surface area contributed by atoms with Crippen LogP contribution < -0.4 is 31.0 Å². The van der Waals surface area contributed by atoms with Crippen molar-refractivity contribution in [2.45, 2.75) is 75.7 Å². The number of rotatable bonds is 15. The number of nitrogens with one attached hydrogen (secondary N) is 2. The number of unbranched alkanes of at least 4 members (excludes halogenated alkanes) is 2. The molecule has 9 atom stereocenters. The summed E-state index contributed by atoms with van der Waals surface area (Å²) in [7, 11) is -18.1. The number of hydrogen-bond donors (Lipinski definition) is 5. The summed E-state index contributed by atoms with van der Waals surface area (Å²) < 4.78 is 58.4. The van der Waals surface area contributed by atoms with Gasteiger partial charge in [0.15, 0.2) is 17.7 Å². The van der Waals surface area contributed by atoms with E-state index in [9.17, 15) is 48.2 Å². The molecule has 0 spiro atoms. The van der Waals surface area contributed by atoms with Crippen LogP contribution in [0.1, 0.15) is 45.3 Å². The number of urea groups is 1. The van der Waals surface area contributed by atoms with Crippen LogP contribution in [0, 0.1) is 0 Å². The van der Waals surface area contributed by atoms with Crippen LogP contribution >= 0.6 is 23.5 Å². The maximum atomic E-state index is 12.1. The topological polar surface area (TPSA) is 335 Å². The number of nitrogens with two attached hydrogens (primary N) is 1. The molecule has 0 saturated carbocycles. The van der Waals surface area contributed by atoms with E-state index in [-0.39, 0.29) is 41.5 Å². The summed E-state index contributed by atoms with van der Waals surface area (Å²) in [4.78, 5) is 70.8. The van der Waals surface area contributed by atoms with E-state index in [4.69, 9.17) is 10.5 Å². The van der Waals surface area contributed by atoms with E-state index < -0.39 is 67.0 Å². The molecule has 22 nitrogen and oxygen atoms in total. The summed E-state index contributed by atoms with van der Waals surface area (Å²) in [6.07, 6.45) is -2.82. The molecule has 45 heavy (non-hydrogen) atoms. The Morgan fingerprint density at radius 2 is 1.76 bits per heavy atom. The molecule has 0 bridgehead atoms. The summed E-state index contributed by atoms with van der Waals surface area (Å²) >= 11 is 0. The zero-order chi connectivity index (χ0) is 33.2. The smallest absolute Gasteiger partial charge is 0.328 e. The molecule has 4 heterocycles. The van der Waals surface area contributed by atoms with Crippen molar-refractivity contribution in [3.63, 3.8) is 0 Å². The standard InChI is InChI=1S/C20H32N7O15P3/c1-10-11(26-20(31)25-10)5-3-2-4-6-13(28)40-44(34,35)42-45(36,37)41-43(32,33)38-7-12-15(29)16(30)19(39-12)27-9-24-14-17(21)22-8-23-18(14)27/h8-12,15-16,19,29-30H,2-7H2,1H3,(H,32,33)(H,34,35)(H,36,37)(H2,21,22,23)(H2,25,26,31)/p-3/t10-,11+,12+,15+,16+,19+/m0/s1. The van der Waals surface area contributed by atoms with Crippen LogP contribution in [-0.2, 0) is 40.9 Å². The molecular weight excluding hydrogens is 671 g/mol. The number of carbonyl (C=O) groups excluding carboxylic acids is 2. The average molecular weight is 700 g/mol. The third kappa shape index (κ3) is 9.25. The fourth-order valence-corrected chi connectivity index (χ4v) is 7.90. The Hall–Kier alpha value is -2.58.